The first-order valence-electron chi connectivity index (χ1n) is 7.95. The van der Waals surface area contributed by atoms with E-state index in [2.05, 4.69) is 34.1 Å². The minimum Gasteiger partial charge on any atom is -0.464 e. The zero-order valence-corrected chi connectivity index (χ0v) is 13.4. The average molecular weight is 313 g/mol. The topological polar surface area (TPSA) is 71.3 Å². The van der Waals surface area contributed by atoms with E-state index >= 15 is 0 Å². The van der Waals surface area contributed by atoms with E-state index in [1.54, 1.807) is 6.07 Å². The normalized spacial score (nSPS) is 21.5. The van der Waals surface area contributed by atoms with Crippen LogP contribution >= 0.6 is 0 Å². The summed E-state index contributed by atoms with van der Waals surface area (Å²) in [6, 6.07) is 14.3. The van der Waals surface area contributed by atoms with Gasteiger partial charge in [0.15, 0.2) is 0 Å². The molecule has 1 aliphatic rings. The second kappa shape index (κ2) is 6.98. The summed E-state index contributed by atoms with van der Waals surface area (Å²) in [4.78, 5) is 17.0. The van der Waals surface area contributed by atoms with Crippen molar-refractivity contribution in [1.29, 1.82) is 0 Å². The van der Waals surface area contributed by atoms with Gasteiger partial charge in [-0.3, -0.25) is 4.90 Å². The summed E-state index contributed by atoms with van der Waals surface area (Å²) in [5.74, 6) is 0.600. The number of aromatic amines is 1. The van der Waals surface area contributed by atoms with Gasteiger partial charge < -0.3 is 15.5 Å². The molecular weight excluding hydrogens is 290 g/mol. The van der Waals surface area contributed by atoms with Crippen molar-refractivity contribution in [2.24, 2.45) is 11.7 Å². The van der Waals surface area contributed by atoms with Crippen LogP contribution in [-0.4, -0.2) is 42.6 Å². The van der Waals surface area contributed by atoms with Gasteiger partial charge in [-0.15, -0.1) is 0 Å². The summed E-state index contributed by atoms with van der Waals surface area (Å²) in [5.41, 5.74) is 8.86. The number of rotatable bonds is 5. The maximum atomic E-state index is 11.5. The molecule has 0 radical (unpaired) electrons. The molecule has 122 valence electrons. The summed E-state index contributed by atoms with van der Waals surface area (Å²) >= 11 is 0. The molecule has 0 spiro atoms. The van der Waals surface area contributed by atoms with Crippen LogP contribution in [0.5, 0.6) is 0 Å². The van der Waals surface area contributed by atoms with Crippen molar-refractivity contribution in [2.45, 2.75) is 12.5 Å². The predicted octanol–water partition coefficient (Wildman–Crippen LogP) is 1.98. The Morgan fingerprint density at radius 2 is 2.04 bits per heavy atom. The monoisotopic (exact) mass is 313 g/mol. The summed E-state index contributed by atoms with van der Waals surface area (Å²) in [7, 11) is 1.39. The molecule has 1 saturated heterocycles. The van der Waals surface area contributed by atoms with Crippen molar-refractivity contribution in [3.05, 3.63) is 59.4 Å². The highest BCUT2D eigenvalue weighted by molar-refractivity contribution is 5.87. The van der Waals surface area contributed by atoms with Gasteiger partial charge in [0.2, 0.25) is 0 Å². The van der Waals surface area contributed by atoms with E-state index in [9.17, 15) is 4.79 Å². The third-order valence-corrected chi connectivity index (χ3v) is 4.59. The molecule has 0 bridgehead atoms. The lowest BCUT2D eigenvalue weighted by molar-refractivity contribution is 0.0594. The number of nitrogens with two attached hydrogens (primary N) is 1. The van der Waals surface area contributed by atoms with Crippen molar-refractivity contribution in [3.63, 3.8) is 0 Å². The van der Waals surface area contributed by atoms with Gasteiger partial charge in [0, 0.05) is 31.2 Å². The molecule has 1 aromatic carbocycles. The predicted molar refractivity (Wildman–Crippen MR) is 89.1 cm³/mol. The van der Waals surface area contributed by atoms with E-state index in [-0.39, 0.29) is 5.97 Å². The van der Waals surface area contributed by atoms with Crippen LogP contribution in [0.15, 0.2) is 42.5 Å². The number of methoxy groups -OCH3 is 1. The highest BCUT2D eigenvalue weighted by Gasteiger charge is 2.32. The largest absolute Gasteiger partial charge is 0.464 e. The molecule has 5 heteroatoms. The number of hydrogen-bond acceptors (Lipinski definition) is 4. The Bertz CT molecular complexity index is 653. The van der Waals surface area contributed by atoms with Gasteiger partial charge in [0.1, 0.15) is 5.69 Å². The number of carbonyl (C=O) groups excluding carboxylic acids is 1. The second-order valence-corrected chi connectivity index (χ2v) is 6.10. The molecule has 2 aromatic rings. The van der Waals surface area contributed by atoms with Crippen LogP contribution in [0.2, 0.25) is 0 Å². The molecular formula is C18H23N3O2. The van der Waals surface area contributed by atoms with Crippen molar-refractivity contribution < 1.29 is 9.53 Å². The molecule has 2 heterocycles. The smallest absolute Gasteiger partial charge is 0.354 e. The minimum atomic E-state index is -0.334. The van der Waals surface area contributed by atoms with E-state index in [0.717, 1.165) is 25.3 Å². The molecule has 3 N–H and O–H groups in total. The van der Waals surface area contributed by atoms with Crippen LogP contribution < -0.4 is 5.73 Å². The molecule has 1 aromatic heterocycles. The molecule has 0 amide bonds. The third kappa shape index (κ3) is 3.46. The first kappa shape index (κ1) is 15.8. The highest BCUT2D eigenvalue weighted by atomic mass is 16.5. The summed E-state index contributed by atoms with van der Waals surface area (Å²) in [5, 5.41) is 0. The Balaban J connectivity index is 1.68. The Morgan fingerprint density at radius 3 is 2.74 bits per heavy atom. The van der Waals surface area contributed by atoms with E-state index in [1.807, 2.05) is 12.1 Å². The standard InChI is InChI=1S/C18H23N3O2/c1-23-18(22)17-8-7-15(20-17)11-21-10-14(9-19)16(12-21)13-5-3-2-4-6-13/h2-8,14,16,20H,9-12,19H2,1H3/t14-,16+/m1/s1. The van der Waals surface area contributed by atoms with Crippen LogP contribution in [0.1, 0.15) is 27.7 Å². The van der Waals surface area contributed by atoms with Gasteiger partial charge in [-0.2, -0.15) is 0 Å². The van der Waals surface area contributed by atoms with Crippen LogP contribution in [0.25, 0.3) is 0 Å². The number of H-pyrrole nitrogens is 1. The number of likely N-dealkylation sites (tertiary alicyclic amines) is 1. The Labute approximate surface area is 136 Å². The molecule has 3 rings (SSSR count). The fourth-order valence-electron chi connectivity index (χ4n) is 3.41. The molecule has 1 aliphatic heterocycles. The molecule has 0 aliphatic carbocycles. The van der Waals surface area contributed by atoms with E-state index in [0.29, 0.717) is 24.1 Å². The van der Waals surface area contributed by atoms with Gasteiger partial charge in [-0.25, -0.2) is 4.79 Å². The second-order valence-electron chi connectivity index (χ2n) is 6.10. The number of hydrogen-bond donors (Lipinski definition) is 2. The van der Waals surface area contributed by atoms with Crippen molar-refractivity contribution >= 4 is 5.97 Å². The van der Waals surface area contributed by atoms with Crippen molar-refractivity contribution in [1.82, 2.24) is 9.88 Å². The van der Waals surface area contributed by atoms with E-state index in [4.69, 9.17) is 10.5 Å². The number of benzene rings is 1. The lowest BCUT2D eigenvalue weighted by Gasteiger charge is -2.16. The Morgan fingerprint density at radius 1 is 1.26 bits per heavy atom. The highest BCUT2D eigenvalue weighted by Crippen LogP contribution is 2.32. The molecule has 2 atom stereocenters. The SMILES string of the molecule is COC(=O)c1ccc(CN2C[C@@H](CN)[C@H](c3ccccc3)C2)[nH]1. The zero-order chi connectivity index (χ0) is 16.2. The fourth-order valence-corrected chi connectivity index (χ4v) is 3.41. The Hall–Kier alpha value is -2.11. The van der Waals surface area contributed by atoms with Crippen molar-refractivity contribution in [2.75, 3.05) is 26.7 Å². The van der Waals surface area contributed by atoms with Gasteiger partial charge in [-0.05, 0) is 30.2 Å². The third-order valence-electron chi connectivity index (χ3n) is 4.59. The first-order valence-corrected chi connectivity index (χ1v) is 7.95. The van der Waals surface area contributed by atoms with Gasteiger partial charge in [-0.1, -0.05) is 30.3 Å². The summed E-state index contributed by atoms with van der Waals surface area (Å²) < 4.78 is 4.73. The first-order chi connectivity index (χ1) is 11.2. The fraction of sp³-hybridized carbons (Fsp3) is 0.389. The zero-order valence-electron chi connectivity index (χ0n) is 13.4. The lowest BCUT2D eigenvalue weighted by atomic mass is 9.89. The van der Waals surface area contributed by atoms with Crippen molar-refractivity contribution in [3.8, 4) is 0 Å². The van der Waals surface area contributed by atoms with Gasteiger partial charge in [0.05, 0.1) is 7.11 Å². The van der Waals surface area contributed by atoms with Crippen LogP contribution in [0.4, 0.5) is 0 Å². The number of esters is 1. The lowest BCUT2D eigenvalue weighted by Crippen LogP contribution is -2.23. The number of ether oxygens (including phenoxy) is 1. The Kier molecular flexibility index (Phi) is 4.79. The van der Waals surface area contributed by atoms with E-state index in [1.165, 1.54) is 12.7 Å². The average Bonchev–Trinajstić information content (AvgIpc) is 3.22. The van der Waals surface area contributed by atoms with Crippen LogP contribution in [0, 0.1) is 5.92 Å². The van der Waals surface area contributed by atoms with Gasteiger partial charge in [0.25, 0.3) is 0 Å². The molecule has 5 nitrogen and oxygen atoms in total. The molecule has 0 unspecified atom stereocenters. The molecule has 23 heavy (non-hydrogen) atoms. The number of carbonyl (C=O) groups is 1. The quantitative estimate of drug-likeness (QED) is 0.828. The van der Waals surface area contributed by atoms with E-state index < -0.39 is 0 Å². The molecule has 0 saturated carbocycles. The number of nitrogens with one attached hydrogen (secondary N) is 1. The maximum absolute atomic E-state index is 11.5. The number of aromatic nitrogens is 1. The summed E-state index contributed by atoms with van der Waals surface area (Å²) in [6.45, 7) is 3.44. The maximum Gasteiger partial charge on any atom is 0.354 e. The molecule has 1 fully saturated rings. The summed E-state index contributed by atoms with van der Waals surface area (Å²) in [6.07, 6.45) is 0. The minimum absolute atomic E-state index is 0.334. The van der Waals surface area contributed by atoms with Gasteiger partial charge >= 0.3 is 5.97 Å². The van der Waals surface area contributed by atoms with Crippen LogP contribution in [-0.2, 0) is 11.3 Å². The van der Waals surface area contributed by atoms with Crippen LogP contribution in [0.3, 0.4) is 0 Å². The number of nitrogens with zero attached hydrogens (tertiary/aromatic N) is 1.